The van der Waals surface area contributed by atoms with Crippen molar-refractivity contribution in [2.75, 3.05) is 23.4 Å². The summed E-state index contributed by atoms with van der Waals surface area (Å²) in [5.41, 5.74) is 2.59. The quantitative estimate of drug-likeness (QED) is 0.509. The third-order valence-corrected chi connectivity index (χ3v) is 5.69. The van der Waals surface area contributed by atoms with Crippen molar-refractivity contribution in [2.45, 2.75) is 6.42 Å². The van der Waals surface area contributed by atoms with Gasteiger partial charge in [0.05, 0.1) is 11.4 Å². The predicted molar refractivity (Wildman–Crippen MR) is 131 cm³/mol. The minimum Gasteiger partial charge on any atom is -0.370 e. The van der Waals surface area contributed by atoms with E-state index in [9.17, 15) is 4.79 Å². The summed E-state index contributed by atoms with van der Waals surface area (Å²) >= 11 is 2.29. The molecule has 2 aliphatic heterocycles. The van der Waals surface area contributed by atoms with E-state index in [2.05, 4.69) is 44.0 Å². The zero-order valence-corrected chi connectivity index (χ0v) is 18.7. The number of amidine groups is 2. The molecule has 1 N–H and O–H groups in total. The van der Waals surface area contributed by atoms with Crippen LogP contribution in [0.1, 0.15) is 12.0 Å². The van der Waals surface area contributed by atoms with E-state index in [4.69, 9.17) is 4.99 Å². The van der Waals surface area contributed by atoms with Crippen LogP contribution in [0.2, 0.25) is 0 Å². The summed E-state index contributed by atoms with van der Waals surface area (Å²) in [6, 6.07) is 21.5. The van der Waals surface area contributed by atoms with Gasteiger partial charge in [0.1, 0.15) is 18.2 Å². The Bertz CT molecular complexity index is 1180. The van der Waals surface area contributed by atoms with Crippen molar-refractivity contribution < 1.29 is 4.79 Å². The number of hydrogen-bond acceptors (Lipinski definition) is 6. The Morgan fingerprint density at radius 3 is 2.65 bits per heavy atom. The number of aliphatic imine (C=N–C) groups is 2. The molecule has 3 heterocycles. The average molecular weight is 522 g/mol. The van der Waals surface area contributed by atoms with Crippen molar-refractivity contribution in [3.63, 3.8) is 0 Å². The van der Waals surface area contributed by atoms with Crippen LogP contribution in [0.15, 0.2) is 82.9 Å². The van der Waals surface area contributed by atoms with Gasteiger partial charge in [-0.15, -0.1) is 0 Å². The summed E-state index contributed by atoms with van der Waals surface area (Å²) < 4.78 is 1.10. The number of carbonyl (C=O) groups is 1. The number of carbonyl (C=O) groups excluding carboxylic acids is 1. The second-order valence-corrected chi connectivity index (χ2v) is 8.32. The SMILES string of the molecule is O=C1CN=C2c3cc(I)ccc3N=C(CCNc3ccccn3)N2N1c1ccccc1. The summed E-state index contributed by atoms with van der Waals surface area (Å²) in [6.07, 6.45) is 2.35. The van der Waals surface area contributed by atoms with E-state index in [1.54, 1.807) is 11.2 Å². The number of aromatic nitrogens is 1. The molecule has 154 valence electrons. The van der Waals surface area contributed by atoms with Gasteiger partial charge < -0.3 is 5.32 Å². The molecule has 0 saturated carbocycles. The van der Waals surface area contributed by atoms with E-state index in [1.165, 1.54) is 0 Å². The fraction of sp³-hybridized carbons (Fsp3) is 0.130. The highest BCUT2D eigenvalue weighted by Crippen LogP contribution is 2.33. The maximum absolute atomic E-state index is 13.0. The van der Waals surface area contributed by atoms with Gasteiger partial charge in [-0.05, 0) is 65.1 Å². The van der Waals surface area contributed by atoms with Crippen molar-refractivity contribution in [3.05, 3.63) is 82.1 Å². The number of rotatable bonds is 5. The monoisotopic (exact) mass is 522 g/mol. The van der Waals surface area contributed by atoms with Crippen molar-refractivity contribution in [1.29, 1.82) is 0 Å². The molecule has 1 aromatic heterocycles. The standard InChI is InChI=1S/C23H19IN6O/c24-16-9-10-19-18(14-16)23-27-15-22(31)29(17-6-2-1-3-7-17)30(23)21(28-19)11-13-26-20-8-4-5-12-25-20/h1-10,12,14H,11,13,15H2,(H,25,26). The van der Waals surface area contributed by atoms with E-state index < -0.39 is 0 Å². The summed E-state index contributed by atoms with van der Waals surface area (Å²) in [4.78, 5) is 26.8. The van der Waals surface area contributed by atoms with Gasteiger partial charge in [-0.1, -0.05) is 24.3 Å². The van der Waals surface area contributed by atoms with E-state index in [1.807, 2.05) is 65.7 Å². The van der Waals surface area contributed by atoms with E-state index in [-0.39, 0.29) is 12.5 Å². The number of hydrogen-bond donors (Lipinski definition) is 1. The zero-order chi connectivity index (χ0) is 21.2. The van der Waals surface area contributed by atoms with Gasteiger partial charge in [-0.25, -0.2) is 20.0 Å². The van der Waals surface area contributed by atoms with Gasteiger partial charge in [0.25, 0.3) is 5.91 Å². The summed E-state index contributed by atoms with van der Waals surface area (Å²) in [5.74, 6) is 2.22. The Hall–Kier alpha value is -3.27. The number of nitrogens with one attached hydrogen (secondary N) is 1. The van der Waals surface area contributed by atoms with Gasteiger partial charge in [0, 0.05) is 28.3 Å². The van der Waals surface area contributed by atoms with Gasteiger partial charge in [-0.3, -0.25) is 9.79 Å². The molecular formula is C23H19IN6O. The number of benzene rings is 2. The topological polar surface area (TPSA) is 73.2 Å². The number of anilines is 2. The number of amides is 1. The minimum atomic E-state index is -0.0885. The molecule has 2 aliphatic rings. The lowest BCUT2D eigenvalue weighted by molar-refractivity contribution is -0.119. The number of pyridine rings is 1. The third kappa shape index (κ3) is 3.90. The molecule has 0 aliphatic carbocycles. The first-order valence-electron chi connectivity index (χ1n) is 9.95. The van der Waals surface area contributed by atoms with Crippen molar-refractivity contribution in [1.82, 2.24) is 9.99 Å². The highest BCUT2D eigenvalue weighted by atomic mass is 127. The fourth-order valence-corrected chi connectivity index (χ4v) is 4.14. The lowest BCUT2D eigenvalue weighted by Gasteiger charge is -2.42. The maximum atomic E-state index is 13.0. The number of nitrogens with zero attached hydrogens (tertiary/aromatic N) is 5. The molecule has 0 bridgehead atoms. The van der Waals surface area contributed by atoms with Crippen LogP contribution in [0.25, 0.3) is 0 Å². The van der Waals surface area contributed by atoms with Gasteiger partial charge >= 0.3 is 0 Å². The molecule has 7 nitrogen and oxygen atoms in total. The van der Waals surface area contributed by atoms with Gasteiger partial charge in [0.2, 0.25) is 0 Å². The van der Waals surface area contributed by atoms with Crippen LogP contribution in [0, 0.1) is 3.57 Å². The molecule has 0 radical (unpaired) electrons. The molecule has 5 rings (SSSR count). The van der Waals surface area contributed by atoms with Crippen molar-refractivity contribution in [3.8, 4) is 0 Å². The summed E-state index contributed by atoms with van der Waals surface area (Å²) in [6.45, 7) is 0.723. The highest BCUT2D eigenvalue weighted by molar-refractivity contribution is 14.1. The van der Waals surface area contributed by atoms with Crippen LogP contribution >= 0.6 is 22.6 Å². The summed E-state index contributed by atoms with van der Waals surface area (Å²) in [5, 5.41) is 6.87. The number of fused-ring (bicyclic) bond motifs is 3. The Kier molecular flexibility index (Phi) is 5.37. The van der Waals surface area contributed by atoms with Gasteiger partial charge in [-0.2, -0.15) is 0 Å². The van der Waals surface area contributed by atoms with Crippen LogP contribution in [0.5, 0.6) is 0 Å². The Morgan fingerprint density at radius 2 is 1.84 bits per heavy atom. The number of para-hydroxylation sites is 1. The maximum Gasteiger partial charge on any atom is 0.267 e. The minimum absolute atomic E-state index is 0.0885. The zero-order valence-electron chi connectivity index (χ0n) is 16.6. The van der Waals surface area contributed by atoms with E-state index in [0.29, 0.717) is 13.0 Å². The molecule has 2 aromatic carbocycles. The smallest absolute Gasteiger partial charge is 0.267 e. The lowest BCUT2D eigenvalue weighted by atomic mass is 10.1. The molecular weight excluding hydrogens is 503 g/mol. The third-order valence-electron chi connectivity index (χ3n) is 5.01. The molecule has 3 aromatic rings. The normalized spacial score (nSPS) is 15.1. The molecule has 0 spiro atoms. The first-order valence-corrected chi connectivity index (χ1v) is 11.0. The van der Waals surface area contributed by atoms with Crippen molar-refractivity contribution in [2.24, 2.45) is 9.98 Å². The highest BCUT2D eigenvalue weighted by Gasteiger charge is 2.37. The summed E-state index contributed by atoms with van der Waals surface area (Å²) in [7, 11) is 0. The average Bonchev–Trinajstić information content (AvgIpc) is 2.80. The molecule has 0 fully saturated rings. The van der Waals surface area contributed by atoms with E-state index in [0.717, 1.165) is 38.0 Å². The lowest BCUT2D eigenvalue weighted by Crippen LogP contribution is -2.58. The molecule has 0 unspecified atom stereocenters. The molecule has 0 atom stereocenters. The second kappa shape index (κ2) is 8.46. The first kappa shape index (κ1) is 19.7. The Balaban J connectivity index is 1.53. The second-order valence-electron chi connectivity index (χ2n) is 7.07. The molecule has 1 amide bonds. The predicted octanol–water partition coefficient (Wildman–Crippen LogP) is 4.24. The molecule has 31 heavy (non-hydrogen) atoms. The van der Waals surface area contributed by atoms with Crippen LogP contribution in [0.3, 0.4) is 0 Å². The molecule has 8 heteroatoms. The van der Waals surface area contributed by atoms with Crippen LogP contribution < -0.4 is 10.3 Å². The Morgan fingerprint density at radius 1 is 1.00 bits per heavy atom. The van der Waals surface area contributed by atoms with Crippen LogP contribution in [0.4, 0.5) is 17.2 Å². The van der Waals surface area contributed by atoms with Crippen LogP contribution in [-0.4, -0.2) is 40.7 Å². The van der Waals surface area contributed by atoms with Crippen molar-refractivity contribution >= 4 is 57.4 Å². The van der Waals surface area contributed by atoms with E-state index >= 15 is 0 Å². The molecule has 0 saturated heterocycles. The first-order chi connectivity index (χ1) is 15.2. The van der Waals surface area contributed by atoms with Crippen LogP contribution in [-0.2, 0) is 4.79 Å². The Labute approximate surface area is 193 Å². The number of halogens is 1. The fourth-order valence-electron chi connectivity index (χ4n) is 3.65. The number of hydrazine groups is 1. The largest absolute Gasteiger partial charge is 0.370 e. The van der Waals surface area contributed by atoms with Gasteiger partial charge in [0.15, 0.2) is 5.84 Å².